The van der Waals surface area contributed by atoms with Gasteiger partial charge in [0.25, 0.3) is 5.91 Å². The van der Waals surface area contributed by atoms with Crippen molar-refractivity contribution in [1.82, 2.24) is 9.88 Å². The quantitative estimate of drug-likeness (QED) is 0.764. The first-order chi connectivity index (χ1) is 14.4. The second-order valence-corrected chi connectivity index (χ2v) is 7.39. The lowest BCUT2D eigenvalue weighted by atomic mass is 9.88. The van der Waals surface area contributed by atoms with E-state index in [1.807, 2.05) is 0 Å². The van der Waals surface area contributed by atoms with E-state index in [2.05, 4.69) is 4.98 Å². The van der Waals surface area contributed by atoms with Crippen LogP contribution in [0.15, 0.2) is 54.9 Å². The number of morpholine rings is 1. The Kier molecular flexibility index (Phi) is 5.38. The lowest BCUT2D eigenvalue weighted by Crippen LogP contribution is -2.65. The van der Waals surface area contributed by atoms with Crippen molar-refractivity contribution in [1.29, 1.82) is 0 Å². The Hall–Kier alpha value is -3.07. The number of piperidine rings is 1. The maximum absolute atomic E-state index is 14.4. The smallest absolute Gasteiger partial charge is 0.437 e. The highest BCUT2D eigenvalue weighted by molar-refractivity contribution is 5.98. The molecule has 2 aliphatic rings. The Morgan fingerprint density at radius 2 is 1.87 bits per heavy atom. The second-order valence-electron chi connectivity index (χ2n) is 7.39. The zero-order valence-electron chi connectivity index (χ0n) is 16.2. The molecule has 0 atom stereocenters. The van der Waals surface area contributed by atoms with Crippen molar-refractivity contribution in [2.45, 2.75) is 24.6 Å². The monoisotopic (exact) mass is 417 g/mol. The van der Waals surface area contributed by atoms with Crippen LogP contribution in [0.4, 0.5) is 14.5 Å². The van der Waals surface area contributed by atoms with E-state index < -0.39 is 17.6 Å². The van der Waals surface area contributed by atoms with Crippen molar-refractivity contribution in [2.24, 2.45) is 0 Å². The Bertz CT molecular complexity index is 903. The Balaban J connectivity index is 1.41. The van der Waals surface area contributed by atoms with Crippen molar-refractivity contribution in [3.05, 3.63) is 54.9 Å². The molecule has 1 spiro atoms. The number of benzene rings is 1. The number of pyridine rings is 1. The first-order valence-electron chi connectivity index (χ1n) is 9.64. The van der Waals surface area contributed by atoms with Crippen LogP contribution >= 0.6 is 0 Å². The van der Waals surface area contributed by atoms with Gasteiger partial charge >= 0.3 is 12.0 Å². The molecule has 1 aromatic heterocycles. The van der Waals surface area contributed by atoms with E-state index in [9.17, 15) is 18.4 Å². The van der Waals surface area contributed by atoms with E-state index in [4.69, 9.17) is 9.47 Å². The fourth-order valence-electron chi connectivity index (χ4n) is 3.77. The minimum Gasteiger partial charge on any atom is -0.482 e. The van der Waals surface area contributed by atoms with Crippen LogP contribution in [0, 0.1) is 0 Å². The number of nitrogens with zero attached hydrogens (tertiary/aromatic N) is 3. The number of hydrogen-bond donors (Lipinski definition) is 0. The highest BCUT2D eigenvalue weighted by Crippen LogP contribution is 2.40. The zero-order valence-corrected chi connectivity index (χ0v) is 16.2. The van der Waals surface area contributed by atoms with E-state index in [0.717, 1.165) is 4.90 Å². The summed E-state index contributed by atoms with van der Waals surface area (Å²) in [5.74, 6) is -1.14. The summed E-state index contributed by atoms with van der Waals surface area (Å²) < 4.78 is 39.3. The number of likely N-dealkylation sites (tertiary alicyclic amines) is 1. The summed E-state index contributed by atoms with van der Waals surface area (Å²) in [7, 11) is 0. The van der Waals surface area contributed by atoms with Crippen LogP contribution in [0.3, 0.4) is 0 Å². The third kappa shape index (κ3) is 4.11. The molecule has 3 heterocycles. The van der Waals surface area contributed by atoms with Gasteiger partial charge in [-0.15, -0.1) is 0 Å². The predicted molar refractivity (Wildman–Crippen MR) is 103 cm³/mol. The largest absolute Gasteiger partial charge is 0.482 e. The van der Waals surface area contributed by atoms with Crippen molar-refractivity contribution in [3.8, 4) is 5.75 Å². The molecular formula is C21H21F2N3O4. The topological polar surface area (TPSA) is 72.0 Å². The second kappa shape index (κ2) is 7.98. The average Bonchev–Trinajstić information content (AvgIpc) is 2.76. The summed E-state index contributed by atoms with van der Waals surface area (Å²) >= 11 is 0. The van der Waals surface area contributed by atoms with Crippen LogP contribution in [0.1, 0.15) is 12.8 Å². The summed E-state index contributed by atoms with van der Waals surface area (Å²) in [5, 5.41) is 0. The maximum atomic E-state index is 14.4. The number of halogens is 2. The summed E-state index contributed by atoms with van der Waals surface area (Å²) in [6, 6.07) is 11.7. The third-order valence-electron chi connectivity index (χ3n) is 5.38. The molecule has 2 amide bonds. The molecule has 7 nitrogen and oxygen atoms in total. The van der Waals surface area contributed by atoms with Gasteiger partial charge in [-0.1, -0.05) is 18.2 Å². The molecule has 0 bridgehead atoms. The molecule has 0 radical (unpaired) electrons. The van der Waals surface area contributed by atoms with E-state index in [1.165, 1.54) is 6.20 Å². The van der Waals surface area contributed by atoms with Gasteiger partial charge in [-0.25, -0.2) is 0 Å². The third-order valence-corrected chi connectivity index (χ3v) is 5.38. The fraction of sp³-hybridized carbons (Fsp3) is 0.381. The number of carbonyl (C=O) groups is 2. The van der Waals surface area contributed by atoms with Crippen LogP contribution in [0.2, 0.25) is 0 Å². The van der Waals surface area contributed by atoms with Gasteiger partial charge in [-0.2, -0.15) is 8.78 Å². The van der Waals surface area contributed by atoms with Gasteiger partial charge in [0, 0.05) is 25.0 Å². The van der Waals surface area contributed by atoms with Crippen molar-refractivity contribution >= 4 is 17.5 Å². The molecule has 0 saturated carbocycles. The Morgan fingerprint density at radius 3 is 2.53 bits per heavy atom. The standard InChI is InChI=1S/C21H21F2N3O4/c22-21(23)19(28)26(16-5-2-1-3-6-16)15-20(30-21)8-11-25(12-9-20)18(27)14-29-17-7-4-10-24-13-17/h1-7,10,13H,8-9,11-12,14-15H2. The van der Waals surface area contributed by atoms with Gasteiger partial charge in [0.15, 0.2) is 6.61 Å². The molecule has 0 N–H and O–H groups in total. The molecule has 0 unspecified atom stereocenters. The lowest BCUT2D eigenvalue weighted by molar-refractivity contribution is -0.292. The summed E-state index contributed by atoms with van der Waals surface area (Å²) in [4.78, 5) is 31.2. The Labute approximate surface area is 172 Å². The highest BCUT2D eigenvalue weighted by atomic mass is 19.3. The average molecular weight is 417 g/mol. The molecule has 4 rings (SSSR count). The molecular weight excluding hydrogens is 396 g/mol. The van der Waals surface area contributed by atoms with Gasteiger partial charge in [0.2, 0.25) is 0 Å². The summed E-state index contributed by atoms with van der Waals surface area (Å²) in [6.07, 6.45) is -0.423. The molecule has 0 aliphatic carbocycles. The number of para-hydroxylation sites is 1. The fourth-order valence-corrected chi connectivity index (χ4v) is 3.77. The number of carbonyl (C=O) groups excluding carboxylic acids is 2. The molecule has 1 aromatic carbocycles. The van der Waals surface area contributed by atoms with Crippen molar-refractivity contribution < 1.29 is 27.8 Å². The number of anilines is 1. The number of amides is 2. The first kappa shape index (κ1) is 20.2. The maximum Gasteiger partial charge on any atom is 0.437 e. The van der Waals surface area contributed by atoms with E-state index in [1.54, 1.807) is 53.6 Å². The van der Waals surface area contributed by atoms with Crippen molar-refractivity contribution in [3.63, 3.8) is 0 Å². The van der Waals surface area contributed by atoms with Crippen LogP contribution < -0.4 is 9.64 Å². The number of hydrogen-bond acceptors (Lipinski definition) is 5. The van der Waals surface area contributed by atoms with Crippen LogP contribution in [0.5, 0.6) is 5.75 Å². The summed E-state index contributed by atoms with van der Waals surface area (Å²) in [5.41, 5.74) is -0.818. The molecule has 30 heavy (non-hydrogen) atoms. The molecule has 2 aliphatic heterocycles. The molecule has 2 aromatic rings. The van der Waals surface area contributed by atoms with Crippen LogP contribution in [-0.4, -0.2) is 59.6 Å². The van der Waals surface area contributed by atoms with E-state index in [0.29, 0.717) is 11.4 Å². The SMILES string of the molecule is O=C(COc1cccnc1)N1CCC2(CC1)CN(c1ccccc1)C(=O)C(F)(F)O2. The highest BCUT2D eigenvalue weighted by Gasteiger charge is 2.57. The minimum atomic E-state index is -3.91. The summed E-state index contributed by atoms with van der Waals surface area (Å²) in [6.45, 7) is 0.328. The van der Waals surface area contributed by atoms with Gasteiger partial charge in [0.05, 0.1) is 18.3 Å². The van der Waals surface area contributed by atoms with E-state index in [-0.39, 0.29) is 45.0 Å². The number of alkyl halides is 2. The van der Waals surface area contributed by atoms with Gasteiger partial charge in [0.1, 0.15) is 5.75 Å². The number of rotatable bonds is 4. The van der Waals surface area contributed by atoms with Crippen LogP contribution in [-0.2, 0) is 14.3 Å². The van der Waals surface area contributed by atoms with Gasteiger partial charge < -0.3 is 19.3 Å². The first-order valence-corrected chi connectivity index (χ1v) is 9.64. The Morgan fingerprint density at radius 1 is 1.13 bits per heavy atom. The van der Waals surface area contributed by atoms with Gasteiger partial charge in [-0.3, -0.25) is 14.6 Å². The normalized spacial score (nSPS) is 20.3. The zero-order chi connectivity index (χ0) is 21.2. The molecule has 9 heteroatoms. The minimum absolute atomic E-state index is 0.0135. The molecule has 2 fully saturated rings. The number of ether oxygens (including phenoxy) is 2. The number of aromatic nitrogens is 1. The van der Waals surface area contributed by atoms with Crippen molar-refractivity contribution in [2.75, 3.05) is 31.1 Å². The van der Waals surface area contributed by atoms with Crippen LogP contribution in [0.25, 0.3) is 0 Å². The van der Waals surface area contributed by atoms with E-state index >= 15 is 0 Å². The molecule has 2 saturated heterocycles. The molecule has 158 valence electrons. The van der Waals surface area contributed by atoms with Gasteiger partial charge in [-0.05, 0) is 37.1 Å². The predicted octanol–water partition coefficient (Wildman–Crippen LogP) is 2.48. The lowest BCUT2D eigenvalue weighted by Gasteiger charge is -2.48.